The van der Waals surface area contributed by atoms with Crippen molar-refractivity contribution in [1.82, 2.24) is 20.1 Å². The van der Waals surface area contributed by atoms with Gasteiger partial charge in [-0.2, -0.15) is 4.98 Å². The lowest BCUT2D eigenvalue weighted by Gasteiger charge is -1.94. The monoisotopic (exact) mass is 299 g/mol. The van der Waals surface area contributed by atoms with Gasteiger partial charge in [0.2, 0.25) is 11.6 Å². The van der Waals surface area contributed by atoms with E-state index in [4.69, 9.17) is 22.7 Å². The molecule has 0 atom stereocenters. The standard InChI is InChI=1S/C13H6ClN5O2/c1-15-11-5-8(20)4-10(17-11)12-18-13(21-19-12)9-3-2-7(14)6-16-9/h2-6H,(H,17,20). The molecule has 8 heteroatoms. The number of nitrogens with zero attached hydrogens (tertiary/aromatic N) is 4. The lowest BCUT2D eigenvalue weighted by molar-refractivity contribution is 0.431. The smallest absolute Gasteiger partial charge is 0.276 e. The molecule has 0 bridgehead atoms. The molecule has 3 rings (SSSR count). The molecule has 0 amide bonds. The van der Waals surface area contributed by atoms with Gasteiger partial charge in [-0.1, -0.05) is 23.3 Å². The SMILES string of the molecule is [C-]#[N+]c1cc(=O)cc(-c2noc(-c3ccc(Cl)cn3)n2)[nH]1. The number of H-pyrrole nitrogens is 1. The number of halogens is 1. The summed E-state index contributed by atoms with van der Waals surface area (Å²) in [4.78, 5) is 25.6. The second-order valence-corrected chi connectivity index (χ2v) is 4.45. The van der Waals surface area contributed by atoms with E-state index in [1.54, 1.807) is 12.1 Å². The third kappa shape index (κ3) is 2.66. The maximum Gasteiger partial charge on any atom is 0.276 e. The first-order chi connectivity index (χ1) is 10.2. The largest absolute Gasteiger partial charge is 0.364 e. The van der Waals surface area contributed by atoms with Crippen LogP contribution in [0, 0.1) is 6.57 Å². The van der Waals surface area contributed by atoms with Crippen LogP contribution in [0.15, 0.2) is 39.8 Å². The van der Waals surface area contributed by atoms with Crippen LogP contribution in [0.4, 0.5) is 5.82 Å². The Hall–Kier alpha value is -2.98. The normalized spacial score (nSPS) is 10.3. The van der Waals surface area contributed by atoms with E-state index in [9.17, 15) is 4.79 Å². The zero-order valence-corrected chi connectivity index (χ0v) is 11.1. The molecular weight excluding hydrogens is 294 g/mol. The fourth-order valence-electron chi connectivity index (χ4n) is 1.65. The Kier molecular flexibility index (Phi) is 3.22. The van der Waals surface area contributed by atoms with Crippen LogP contribution in [-0.4, -0.2) is 20.1 Å². The highest BCUT2D eigenvalue weighted by Gasteiger charge is 2.14. The van der Waals surface area contributed by atoms with Crippen LogP contribution in [0.3, 0.4) is 0 Å². The molecule has 3 aromatic heterocycles. The quantitative estimate of drug-likeness (QED) is 0.735. The van der Waals surface area contributed by atoms with Gasteiger partial charge in [0.15, 0.2) is 11.1 Å². The van der Waals surface area contributed by atoms with Crippen molar-refractivity contribution in [3.05, 3.63) is 57.1 Å². The van der Waals surface area contributed by atoms with Crippen LogP contribution < -0.4 is 5.43 Å². The number of rotatable bonds is 2. The molecule has 0 unspecified atom stereocenters. The molecule has 0 aromatic carbocycles. The van der Waals surface area contributed by atoms with Gasteiger partial charge >= 0.3 is 0 Å². The van der Waals surface area contributed by atoms with Gasteiger partial charge in [-0.15, -0.1) is 0 Å². The molecule has 3 aromatic rings. The van der Waals surface area contributed by atoms with Crippen LogP contribution in [0.5, 0.6) is 0 Å². The van der Waals surface area contributed by atoms with Crippen molar-refractivity contribution in [3.63, 3.8) is 0 Å². The van der Waals surface area contributed by atoms with Crippen molar-refractivity contribution < 1.29 is 4.52 Å². The maximum atomic E-state index is 11.5. The molecule has 7 nitrogen and oxygen atoms in total. The van der Waals surface area contributed by atoms with Crippen LogP contribution >= 0.6 is 11.6 Å². The lowest BCUT2D eigenvalue weighted by atomic mass is 10.3. The Morgan fingerprint density at radius 1 is 1.33 bits per heavy atom. The molecular formula is C13H6ClN5O2. The van der Waals surface area contributed by atoms with E-state index in [2.05, 4.69) is 25.0 Å². The zero-order valence-electron chi connectivity index (χ0n) is 10.4. The number of hydrogen-bond donors (Lipinski definition) is 1. The Morgan fingerprint density at radius 3 is 2.90 bits per heavy atom. The Labute approximate surface area is 123 Å². The van der Waals surface area contributed by atoms with Crippen molar-refractivity contribution in [2.45, 2.75) is 0 Å². The highest BCUT2D eigenvalue weighted by Crippen LogP contribution is 2.21. The zero-order chi connectivity index (χ0) is 14.8. The summed E-state index contributed by atoms with van der Waals surface area (Å²) in [5.74, 6) is 0.466. The van der Waals surface area contributed by atoms with Gasteiger partial charge in [0.25, 0.3) is 5.89 Å². The number of nitrogens with one attached hydrogen (secondary N) is 1. The first-order valence-electron chi connectivity index (χ1n) is 5.73. The summed E-state index contributed by atoms with van der Waals surface area (Å²) in [6.07, 6.45) is 1.46. The third-order valence-electron chi connectivity index (χ3n) is 2.56. The topological polar surface area (TPSA) is 89.0 Å². The van der Waals surface area contributed by atoms with Crippen molar-refractivity contribution in [1.29, 1.82) is 0 Å². The Morgan fingerprint density at radius 2 is 2.19 bits per heavy atom. The van der Waals surface area contributed by atoms with Crippen molar-refractivity contribution >= 4 is 17.4 Å². The average molecular weight is 300 g/mol. The highest BCUT2D eigenvalue weighted by molar-refractivity contribution is 6.30. The number of hydrogen-bond acceptors (Lipinski definition) is 5. The third-order valence-corrected chi connectivity index (χ3v) is 2.79. The summed E-state index contributed by atoms with van der Waals surface area (Å²) in [5.41, 5.74) is 0.449. The van der Waals surface area contributed by atoms with Crippen molar-refractivity contribution in [2.75, 3.05) is 0 Å². The first kappa shape index (κ1) is 13.0. The Balaban J connectivity index is 2.02. The average Bonchev–Trinajstić information content (AvgIpc) is 2.97. The summed E-state index contributed by atoms with van der Waals surface area (Å²) in [5, 5.41) is 4.26. The van der Waals surface area contributed by atoms with Gasteiger partial charge < -0.3 is 14.4 Å². The first-order valence-corrected chi connectivity index (χ1v) is 6.11. The van der Waals surface area contributed by atoms with Crippen LogP contribution in [0.2, 0.25) is 5.02 Å². The molecule has 0 aliphatic rings. The van der Waals surface area contributed by atoms with Gasteiger partial charge in [-0.3, -0.25) is 4.79 Å². The van der Waals surface area contributed by atoms with Gasteiger partial charge in [-0.25, -0.2) is 4.98 Å². The minimum atomic E-state index is -0.314. The second-order valence-electron chi connectivity index (χ2n) is 4.01. The fourth-order valence-corrected chi connectivity index (χ4v) is 1.76. The summed E-state index contributed by atoms with van der Waals surface area (Å²) in [6, 6.07) is 5.77. The molecule has 0 spiro atoms. The maximum absolute atomic E-state index is 11.5. The predicted octanol–water partition coefficient (Wildman–Crippen LogP) is 2.69. The van der Waals surface area contributed by atoms with E-state index in [1.165, 1.54) is 18.3 Å². The van der Waals surface area contributed by atoms with E-state index in [-0.39, 0.29) is 23.0 Å². The number of aromatic amines is 1. The fraction of sp³-hybridized carbons (Fsp3) is 0. The molecule has 0 saturated carbocycles. The molecule has 0 aliphatic carbocycles. The summed E-state index contributed by atoms with van der Waals surface area (Å²) >= 11 is 5.75. The number of pyridine rings is 2. The highest BCUT2D eigenvalue weighted by atomic mass is 35.5. The summed E-state index contributed by atoms with van der Waals surface area (Å²) in [7, 11) is 0. The Bertz CT molecular complexity index is 892. The predicted molar refractivity (Wildman–Crippen MR) is 74.9 cm³/mol. The van der Waals surface area contributed by atoms with Crippen molar-refractivity contribution in [2.24, 2.45) is 0 Å². The minimum Gasteiger partial charge on any atom is -0.364 e. The van der Waals surface area contributed by atoms with E-state index >= 15 is 0 Å². The van der Waals surface area contributed by atoms with Crippen LogP contribution in [0.1, 0.15) is 0 Å². The number of aromatic nitrogens is 4. The van der Waals surface area contributed by atoms with Crippen LogP contribution in [0.25, 0.3) is 27.9 Å². The lowest BCUT2D eigenvalue weighted by Crippen LogP contribution is -1.99. The van der Waals surface area contributed by atoms with E-state index in [0.29, 0.717) is 16.4 Å². The van der Waals surface area contributed by atoms with Gasteiger partial charge in [0.05, 0.1) is 5.02 Å². The second kappa shape index (κ2) is 5.19. The van der Waals surface area contributed by atoms with Gasteiger partial charge in [0.1, 0.15) is 5.69 Å². The molecule has 0 fully saturated rings. The molecule has 1 N–H and O–H groups in total. The van der Waals surface area contributed by atoms with E-state index in [1.807, 2.05) is 0 Å². The van der Waals surface area contributed by atoms with E-state index < -0.39 is 0 Å². The van der Waals surface area contributed by atoms with Crippen LogP contribution in [-0.2, 0) is 0 Å². The molecule has 0 saturated heterocycles. The van der Waals surface area contributed by atoms with Gasteiger partial charge in [-0.05, 0) is 12.1 Å². The van der Waals surface area contributed by atoms with Gasteiger partial charge in [0, 0.05) is 18.3 Å². The van der Waals surface area contributed by atoms with E-state index in [0.717, 1.165) is 0 Å². The molecule has 3 heterocycles. The van der Waals surface area contributed by atoms with Crippen molar-refractivity contribution in [3.8, 4) is 23.1 Å². The summed E-state index contributed by atoms with van der Waals surface area (Å²) in [6.45, 7) is 6.93. The molecule has 21 heavy (non-hydrogen) atoms. The molecule has 0 radical (unpaired) electrons. The minimum absolute atomic E-state index is 0.105. The molecule has 0 aliphatic heterocycles. The molecule has 102 valence electrons. The summed E-state index contributed by atoms with van der Waals surface area (Å²) < 4.78 is 5.09.